The van der Waals surface area contributed by atoms with Gasteiger partial charge in [-0.05, 0) is 98.9 Å². The Kier molecular flexibility index (Phi) is 13.0. The van der Waals surface area contributed by atoms with Gasteiger partial charge in [-0.2, -0.15) is 0 Å². The quantitative estimate of drug-likeness (QED) is 0.127. The Morgan fingerprint density at radius 2 is 1.30 bits per heavy atom. The van der Waals surface area contributed by atoms with E-state index in [9.17, 15) is 4.79 Å². The second-order valence-corrected chi connectivity index (χ2v) is 12.8. The zero-order chi connectivity index (χ0) is 28.0. The molecule has 4 rings (SSSR count). The minimum atomic E-state index is -0.0545. The van der Waals surface area contributed by atoms with Crippen LogP contribution in [0.15, 0.2) is 36.7 Å². The van der Waals surface area contributed by atoms with E-state index in [1.165, 1.54) is 102 Å². The fourth-order valence-electron chi connectivity index (χ4n) is 7.05. The van der Waals surface area contributed by atoms with E-state index < -0.39 is 0 Å². The average molecular weight is 547 g/mol. The van der Waals surface area contributed by atoms with Gasteiger partial charge < -0.3 is 4.74 Å². The van der Waals surface area contributed by atoms with Gasteiger partial charge in [0.2, 0.25) is 0 Å². The van der Waals surface area contributed by atoms with E-state index in [1.807, 2.05) is 36.7 Å². The molecule has 4 nitrogen and oxygen atoms in total. The largest absolute Gasteiger partial charge is 0.426 e. The van der Waals surface area contributed by atoms with Crippen LogP contribution in [0.2, 0.25) is 0 Å². The molecule has 0 amide bonds. The summed E-state index contributed by atoms with van der Waals surface area (Å²) in [5.74, 6) is 4.00. The molecule has 4 heteroatoms. The highest BCUT2D eigenvalue weighted by Crippen LogP contribution is 2.42. The predicted octanol–water partition coefficient (Wildman–Crippen LogP) is 10.1. The Morgan fingerprint density at radius 1 is 0.725 bits per heavy atom. The van der Waals surface area contributed by atoms with E-state index in [1.54, 1.807) is 0 Å². The van der Waals surface area contributed by atoms with Crippen molar-refractivity contribution in [3.8, 4) is 17.1 Å². The van der Waals surface area contributed by atoms with Gasteiger partial charge in [-0.1, -0.05) is 84.5 Å². The zero-order valence-corrected chi connectivity index (χ0v) is 25.4. The standard InChI is InChI=1S/C36H54N2O2/c1-3-5-7-8-9-10-11-13-28-14-16-30(17-15-28)31-18-20-33(21-19-31)36(39)40-34-24-22-32(23-25-34)35-37-26-29(27-38-35)12-6-4-2/h22-28,30-31,33H,3-21H2,1-2H3. The first kappa shape index (κ1) is 30.7. The number of aryl methyl sites for hydroxylation is 1. The van der Waals surface area contributed by atoms with Crippen LogP contribution < -0.4 is 4.74 Å². The maximum atomic E-state index is 12.9. The van der Waals surface area contributed by atoms with E-state index in [-0.39, 0.29) is 11.9 Å². The second kappa shape index (κ2) is 16.9. The molecule has 1 heterocycles. The Bertz CT molecular complexity index is 971. The van der Waals surface area contributed by atoms with Gasteiger partial charge >= 0.3 is 5.97 Å². The van der Waals surface area contributed by atoms with Crippen LogP contribution in [-0.2, 0) is 11.2 Å². The summed E-state index contributed by atoms with van der Waals surface area (Å²) >= 11 is 0. The Labute approximate surface area is 244 Å². The van der Waals surface area contributed by atoms with Crippen molar-refractivity contribution in [2.75, 3.05) is 0 Å². The molecule has 1 aromatic carbocycles. The monoisotopic (exact) mass is 546 g/mol. The highest BCUT2D eigenvalue weighted by Gasteiger charge is 2.33. The third-order valence-corrected chi connectivity index (χ3v) is 9.73. The molecular formula is C36H54N2O2. The van der Waals surface area contributed by atoms with Gasteiger partial charge in [0, 0.05) is 18.0 Å². The minimum Gasteiger partial charge on any atom is -0.426 e. The highest BCUT2D eigenvalue weighted by atomic mass is 16.5. The summed E-state index contributed by atoms with van der Waals surface area (Å²) in [5, 5.41) is 0. The Balaban J connectivity index is 1.12. The number of aromatic nitrogens is 2. The van der Waals surface area contributed by atoms with Crippen molar-refractivity contribution < 1.29 is 9.53 Å². The molecule has 0 radical (unpaired) electrons. The van der Waals surface area contributed by atoms with Gasteiger partial charge in [0.1, 0.15) is 5.75 Å². The zero-order valence-electron chi connectivity index (χ0n) is 25.4. The number of hydrogen-bond donors (Lipinski definition) is 0. The van der Waals surface area contributed by atoms with E-state index in [0.717, 1.165) is 49.0 Å². The smallest absolute Gasteiger partial charge is 0.314 e. The van der Waals surface area contributed by atoms with Crippen molar-refractivity contribution in [2.24, 2.45) is 23.7 Å². The lowest BCUT2D eigenvalue weighted by atomic mass is 9.68. The first-order valence-corrected chi connectivity index (χ1v) is 16.8. The van der Waals surface area contributed by atoms with E-state index in [0.29, 0.717) is 11.6 Å². The predicted molar refractivity (Wildman–Crippen MR) is 165 cm³/mol. The molecular weight excluding hydrogens is 492 g/mol. The molecule has 2 aliphatic carbocycles. The molecule has 0 N–H and O–H groups in total. The summed E-state index contributed by atoms with van der Waals surface area (Å²) < 4.78 is 5.80. The molecule has 220 valence electrons. The maximum absolute atomic E-state index is 12.9. The summed E-state index contributed by atoms with van der Waals surface area (Å²) in [6.45, 7) is 4.49. The van der Waals surface area contributed by atoms with Crippen molar-refractivity contribution >= 4 is 5.97 Å². The van der Waals surface area contributed by atoms with Gasteiger partial charge in [-0.3, -0.25) is 4.79 Å². The fraction of sp³-hybridized carbons (Fsp3) is 0.694. The van der Waals surface area contributed by atoms with Crippen molar-refractivity contribution in [2.45, 2.75) is 136 Å². The van der Waals surface area contributed by atoms with Gasteiger partial charge in [-0.15, -0.1) is 0 Å². The highest BCUT2D eigenvalue weighted by molar-refractivity contribution is 5.75. The molecule has 1 aromatic heterocycles. The van der Waals surface area contributed by atoms with Crippen molar-refractivity contribution in [3.05, 3.63) is 42.2 Å². The number of benzene rings is 1. The maximum Gasteiger partial charge on any atom is 0.314 e. The fourth-order valence-corrected chi connectivity index (χ4v) is 7.05. The normalized spacial score (nSPS) is 23.1. The molecule has 2 saturated carbocycles. The minimum absolute atomic E-state index is 0.0450. The van der Waals surface area contributed by atoms with Gasteiger partial charge in [-0.25, -0.2) is 9.97 Å². The number of esters is 1. The SMILES string of the molecule is CCCCCCCCCC1CCC(C2CCC(C(=O)Oc3ccc(-c4ncc(CCCC)cn4)cc3)CC2)CC1. The molecule has 0 atom stereocenters. The van der Waals surface area contributed by atoms with Gasteiger partial charge in [0.15, 0.2) is 5.82 Å². The molecule has 0 aliphatic heterocycles. The van der Waals surface area contributed by atoms with Crippen LogP contribution in [0.4, 0.5) is 0 Å². The first-order valence-electron chi connectivity index (χ1n) is 16.8. The number of carbonyl (C=O) groups excluding carboxylic acids is 1. The van der Waals surface area contributed by atoms with E-state index in [2.05, 4.69) is 23.8 Å². The molecule has 2 fully saturated rings. The summed E-state index contributed by atoms with van der Waals surface area (Å²) in [6.07, 6.45) is 28.6. The van der Waals surface area contributed by atoms with Crippen LogP contribution in [0.3, 0.4) is 0 Å². The lowest BCUT2D eigenvalue weighted by Crippen LogP contribution is -2.30. The molecule has 2 aromatic rings. The summed E-state index contributed by atoms with van der Waals surface area (Å²) in [4.78, 5) is 22.0. The Hall–Kier alpha value is -2.23. The number of ether oxygens (including phenoxy) is 1. The van der Waals surface area contributed by atoms with Crippen LogP contribution in [-0.4, -0.2) is 15.9 Å². The number of unbranched alkanes of at least 4 members (excludes halogenated alkanes) is 7. The summed E-state index contributed by atoms with van der Waals surface area (Å²) in [6, 6.07) is 7.64. The second-order valence-electron chi connectivity index (χ2n) is 12.8. The van der Waals surface area contributed by atoms with Crippen LogP contribution in [0, 0.1) is 23.7 Å². The first-order chi connectivity index (χ1) is 19.7. The summed E-state index contributed by atoms with van der Waals surface area (Å²) in [5.41, 5.74) is 2.12. The van der Waals surface area contributed by atoms with Crippen molar-refractivity contribution in [3.63, 3.8) is 0 Å². The molecule has 0 bridgehead atoms. The van der Waals surface area contributed by atoms with Crippen LogP contribution in [0.5, 0.6) is 5.75 Å². The lowest BCUT2D eigenvalue weighted by Gasteiger charge is -2.37. The number of carbonyl (C=O) groups is 1. The molecule has 0 saturated heterocycles. The van der Waals surface area contributed by atoms with Crippen molar-refractivity contribution in [1.82, 2.24) is 9.97 Å². The van der Waals surface area contributed by atoms with Crippen LogP contribution in [0.1, 0.15) is 135 Å². The Morgan fingerprint density at radius 3 is 1.93 bits per heavy atom. The number of nitrogens with zero attached hydrogens (tertiary/aromatic N) is 2. The molecule has 40 heavy (non-hydrogen) atoms. The number of rotatable bonds is 15. The number of hydrogen-bond acceptors (Lipinski definition) is 4. The third-order valence-electron chi connectivity index (χ3n) is 9.73. The molecule has 0 unspecified atom stereocenters. The topological polar surface area (TPSA) is 52.1 Å². The molecule has 0 spiro atoms. The van der Waals surface area contributed by atoms with Crippen LogP contribution in [0.25, 0.3) is 11.4 Å². The van der Waals surface area contributed by atoms with Crippen LogP contribution >= 0.6 is 0 Å². The molecule has 2 aliphatic rings. The van der Waals surface area contributed by atoms with E-state index in [4.69, 9.17) is 4.74 Å². The van der Waals surface area contributed by atoms with Gasteiger partial charge in [0.05, 0.1) is 5.92 Å². The average Bonchev–Trinajstić information content (AvgIpc) is 3.00. The van der Waals surface area contributed by atoms with Crippen molar-refractivity contribution in [1.29, 1.82) is 0 Å². The third kappa shape index (κ3) is 9.70. The van der Waals surface area contributed by atoms with E-state index >= 15 is 0 Å². The van der Waals surface area contributed by atoms with Gasteiger partial charge in [0.25, 0.3) is 0 Å². The summed E-state index contributed by atoms with van der Waals surface area (Å²) in [7, 11) is 0. The lowest BCUT2D eigenvalue weighted by molar-refractivity contribution is -0.140.